The molecule has 0 amide bonds. The second-order valence-corrected chi connectivity index (χ2v) is 7.21. The van der Waals surface area contributed by atoms with Crippen LogP contribution in [0.1, 0.15) is 31.5 Å². The average Bonchev–Trinajstić information content (AvgIpc) is 3.15. The van der Waals surface area contributed by atoms with Crippen LogP contribution < -0.4 is 15.1 Å². The maximum Gasteiger partial charge on any atom is 0.146 e. The van der Waals surface area contributed by atoms with E-state index in [-0.39, 0.29) is 5.82 Å². The molecule has 1 aromatic heterocycles. The number of rotatable bonds is 4. The molecule has 1 aliphatic heterocycles. The highest BCUT2D eigenvalue weighted by atomic mass is 19.1. The minimum absolute atomic E-state index is 0.151. The van der Waals surface area contributed by atoms with Gasteiger partial charge in [-0.3, -0.25) is 0 Å². The monoisotopic (exact) mass is 355 g/mol. The van der Waals surface area contributed by atoms with Crippen molar-refractivity contribution in [1.82, 2.24) is 9.97 Å². The quantitative estimate of drug-likeness (QED) is 0.908. The summed E-state index contributed by atoms with van der Waals surface area (Å²) in [5, 5.41) is 3.57. The van der Waals surface area contributed by atoms with Crippen molar-refractivity contribution in [3.8, 4) is 0 Å². The number of halogens is 1. The van der Waals surface area contributed by atoms with Gasteiger partial charge in [-0.05, 0) is 31.9 Å². The van der Waals surface area contributed by atoms with Crippen LogP contribution >= 0.6 is 0 Å². The molecule has 6 heteroatoms. The fourth-order valence-electron chi connectivity index (χ4n) is 3.95. The molecule has 2 aromatic rings. The number of nitrogens with zero attached hydrogens (tertiary/aromatic N) is 4. The summed E-state index contributed by atoms with van der Waals surface area (Å²) in [5.74, 6) is 2.53. The van der Waals surface area contributed by atoms with Crippen LogP contribution in [0, 0.1) is 12.7 Å². The van der Waals surface area contributed by atoms with Gasteiger partial charge in [0.1, 0.15) is 23.3 Å². The van der Waals surface area contributed by atoms with E-state index in [4.69, 9.17) is 0 Å². The number of benzene rings is 1. The van der Waals surface area contributed by atoms with Crippen LogP contribution in [0.3, 0.4) is 0 Å². The molecule has 0 radical (unpaired) electrons. The van der Waals surface area contributed by atoms with E-state index in [1.54, 1.807) is 6.07 Å². The first kappa shape index (κ1) is 17.1. The molecule has 4 rings (SSSR count). The topological polar surface area (TPSA) is 44.3 Å². The molecule has 2 fully saturated rings. The molecule has 1 saturated heterocycles. The molecule has 138 valence electrons. The van der Waals surface area contributed by atoms with Gasteiger partial charge >= 0.3 is 0 Å². The van der Waals surface area contributed by atoms with Crippen molar-refractivity contribution in [2.45, 2.75) is 38.6 Å². The number of hydrogen-bond acceptors (Lipinski definition) is 5. The molecule has 0 unspecified atom stereocenters. The van der Waals surface area contributed by atoms with Crippen LogP contribution in [0.25, 0.3) is 0 Å². The predicted molar refractivity (Wildman–Crippen MR) is 103 cm³/mol. The molecule has 0 atom stereocenters. The number of anilines is 3. The lowest BCUT2D eigenvalue weighted by Crippen LogP contribution is -2.47. The van der Waals surface area contributed by atoms with E-state index < -0.39 is 0 Å². The van der Waals surface area contributed by atoms with Crippen molar-refractivity contribution in [1.29, 1.82) is 0 Å². The van der Waals surface area contributed by atoms with Crippen LogP contribution in [-0.4, -0.2) is 42.2 Å². The smallest absolute Gasteiger partial charge is 0.146 e. The summed E-state index contributed by atoms with van der Waals surface area (Å²) < 4.78 is 14.0. The van der Waals surface area contributed by atoms with Crippen LogP contribution in [0.4, 0.5) is 21.7 Å². The number of piperazine rings is 1. The van der Waals surface area contributed by atoms with Gasteiger partial charge in [-0.15, -0.1) is 0 Å². The van der Waals surface area contributed by atoms with Gasteiger partial charge in [0.15, 0.2) is 0 Å². The second kappa shape index (κ2) is 7.48. The fourth-order valence-corrected chi connectivity index (χ4v) is 3.95. The van der Waals surface area contributed by atoms with E-state index in [1.165, 1.54) is 31.7 Å². The van der Waals surface area contributed by atoms with Gasteiger partial charge in [-0.25, -0.2) is 14.4 Å². The Balaban J connectivity index is 1.44. The van der Waals surface area contributed by atoms with Crippen molar-refractivity contribution < 1.29 is 4.39 Å². The highest BCUT2D eigenvalue weighted by Gasteiger charge is 2.21. The number of aromatic nitrogens is 2. The predicted octanol–water partition coefficient (Wildman–Crippen LogP) is 3.61. The van der Waals surface area contributed by atoms with Gasteiger partial charge in [-0.1, -0.05) is 25.0 Å². The summed E-state index contributed by atoms with van der Waals surface area (Å²) in [6.07, 6.45) is 5.04. The Labute approximate surface area is 154 Å². The number of para-hydroxylation sites is 1. The summed E-state index contributed by atoms with van der Waals surface area (Å²) in [5.41, 5.74) is 0.689. The van der Waals surface area contributed by atoms with Gasteiger partial charge in [0.05, 0.1) is 5.69 Å². The normalized spacial score (nSPS) is 18.4. The lowest BCUT2D eigenvalue weighted by molar-refractivity contribution is 0.596. The van der Waals surface area contributed by atoms with Gasteiger partial charge in [0.25, 0.3) is 0 Å². The Bertz CT molecular complexity index is 752. The molecule has 2 aliphatic rings. The van der Waals surface area contributed by atoms with Gasteiger partial charge in [-0.2, -0.15) is 0 Å². The van der Waals surface area contributed by atoms with Crippen molar-refractivity contribution >= 4 is 17.3 Å². The molecule has 2 heterocycles. The van der Waals surface area contributed by atoms with Crippen molar-refractivity contribution in [2.24, 2.45) is 0 Å². The van der Waals surface area contributed by atoms with Crippen LogP contribution in [-0.2, 0) is 0 Å². The lowest BCUT2D eigenvalue weighted by Gasteiger charge is -2.37. The zero-order valence-electron chi connectivity index (χ0n) is 15.3. The first-order chi connectivity index (χ1) is 12.7. The summed E-state index contributed by atoms with van der Waals surface area (Å²) >= 11 is 0. The minimum atomic E-state index is -0.151. The molecule has 0 bridgehead atoms. The number of nitrogens with one attached hydrogen (secondary N) is 1. The Hall–Kier alpha value is -2.37. The second-order valence-electron chi connectivity index (χ2n) is 7.21. The SMILES string of the molecule is Cc1nc(NC2CCCC2)cc(N2CCN(c3ccccc3F)CC2)n1. The summed E-state index contributed by atoms with van der Waals surface area (Å²) in [4.78, 5) is 13.6. The van der Waals surface area contributed by atoms with E-state index in [1.807, 2.05) is 19.1 Å². The highest BCUT2D eigenvalue weighted by molar-refractivity contribution is 5.53. The Kier molecular flexibility index (Phi) is 4.91. The fraction of sp³-hybridized carbons (Fsp3) is 0.500. The van der Waals surface area contributed by atoms with E-state index in [0.29, 0.717) is 11.7 Å². The van der Waals surface area contributed by atoms with Crippen molar-refractivity contribution in [3.63, 3.8) is 0 Å². The number of aryl methyl sites for hydroxylation is 1. The number of hydrogen-bond donors (Lipinski definition) is 1. The third-order valence-corrected chi connectivity index (χ3v) is 5.33. The first-order valence-electron chi connectivity index (χ1n) is 9.56. The Morgan fingerprint density at radius 2 is 1.69 bits per heavy atom. The van der Waals surface area contributed by atoms with Crippen LogP contribution in [0.2, 0.25) is 0 Å². The molecule has 1 saturated carbocycles. The maximum atomic E-state index is 14.0. The first-order valence-corrected chi connectivity index (χ1v) is 9.56. The van der Waals surface area contributed by atoms with E-state index in [2.05, 4.69) is 31.2 Å². The largest absolute Gasteiger partial charge is 0.367 e. The van der Waals surface area contributed by atoms with Gasteiger partial charge in [0.2, 0.25) is 0 Å². The third-order valence-electron chi connectivity index (χ3n) is 5.33. The van der Waals surface area contributed by atoms with Crippen LogP contribution in [0.15, 0.2) is 30.3 Å². The molecule has 0 spiro atoms. The average molecular weight is 355 g/mol. The summed E-state index contributed by atoms with van der Waals surface area (Å²) in [7, 11) is 0. The summed E-state index contributed by atoms with van der Waals surface area (Å²) in [6, 6.07) is 9.59. The van der Waals surface area contributed by atoms with Crippen molar-refractivity contribution in [2.75, 3.05) is 41.3 Å². The molecular formula is C20H26FN5. The van der Waals surface area contributed by atoms with Gasteiger partial charge < -0.3 is 15.1 Å². The molecule has 1 aliphatic carbocycles. The molecular weight excluding hydrogens is 329 g/mol. The standard InChI is InChI=1S/C20H26FN5/c1-15-22-19(24-16-6-2-3-7-16)14-20(23-15)26-12-10-25(11-13-26)18-9-5-4-8-17(18)21/h4-5,8-9,14,16H,2-3,6-7,10-13H2,1H3,(H,22,23,24). The lowest BCUT2D eigenvalue weighted by atomic mass is 10.2. The molecule has 1 aromatic carbocycles. The zero-order valence-corrected chi connectivity index (χ0v) is 15.3. The summed E-state index contributed by atoms with van der Waals surface area (Å²) in [6.45, 7) is 5.17. The Morgan fingerprint density at radius 3 is 2.42 bits per heavy atom. The maximum absolute atomic E-state index is 14.0. The van der Waals surface area contributed by atoms with Crippen LogP contribution in [0.5, 0.6) is 0 Å². The van der Waals surface area contributed by atoms with E-state index >= 15 is 0 Å². The molecule has 26 heavy (non-hydrogen) atoms. The molecule has 1 N–H and O–H groups in total. The zero-order chi connectivity index (χ0) is 17.9. The Morgan fingerprint density at radius 1 is 1.00 bits per heavy atom. The third kappa shape index (κ3) is 3.74. The molecule has 5 nitrogen and oxygen atoms in total. The van der Waals surface area contributed by atoms with Gasteiger partial charge in [0, 0.05) is 38.3 Å². The van der Waals surface area contributed by atoms with E-state index in [9.17, 15) is 4.39 Å². The van der Waals surface area contributed by atoms with E-state index in [0.717, 1.165) is 43.6 Å². The minimum Gasteiger partial charge on any atom is -0.367 e. The van der Waals surface area contributed by atoms with Crippen molar-refractivity contribution in [3.05, 3.63) is 42.0 Å². The highest BCUT2D eigenvalue weighted by Crippen LogP contribution is 2.25.